The van der Waals surface area contributed by atoms with Gasteiger partial charge in [0.1, 0.15) is 5.52 Å². The Kier molecular flexibility index (Phi) is 6.82. The van der Waals surface area contributed by atoms with Crippen LogP contribution in [0.2, 0.25) is 0 Å². The predicted octanol–water partition coefficient (Wildman–Crippen LogP) is 4.85. The van der Waals surface area contributed by atoms with Crippen LogP contribution in [-0.4, -0.2) is 27.4 Å². The summed E-state index contributed by atoms with van der Waals surface area (Å²) in [6.45, 7) is 3.94. The zero-order valence-electron chi connectivity index (χ0n) is 16.4. The van der Waals surface area contributed by atoms with Crippen LogP contribution < -0.4 is 10.8 Å². The van der Waals surface area contributed by atoms with E-state index in [1.165, 1.54) is 6.33 Å². The van der Waals surface area contributed by atoms with Crippen molar-refractivity contribution in [3.8, 4) is 0 Å². The summed E-state index contributed by atoms with van der Waals surface area (Å²) in [5, 5.41) is 2.92. The summed E-state index contributed by atoms with van der Waals surface area (Å²) in [6, 6.07) is 1.57. The Morgan fingerprint density at radius 1 is 1.52 bits per heavy atom. The van der Waals surface area contributed by atoms with Crippen LogP contribution in [0.3, 0.4) is 0 Å². The highest BCUT2D eigenvalue weighted by Crippen LogP contribution is 2.31. The number of rotatable bonds is 8. The van der Waals surface area contributed by atoms with E-state index in [4.69, 9.17) is 28.0 Å². The fraction of sp³-hybridized carbons (Fsp3) is 0.400. The van der Waals surface area contributed by atoms with Crippen molar-refractivity contribution in [1.29, 1.82) is 0 Å². The zero-order valence-corrected chi connectivity index (χ0v) is 17.9. The van der Waals surface area contributed by atoms with Crippen molar-refractivity contribution in [2.75, 3.05) is 11.9 Å². The summed E-state index contributed by atoms with van der Waals surface area (Å²) < 4.78 is 17.0. The number of carbonyl (C=O) groups excluding carboxylic acids is 1. The third-order valence-electron chi connectivity index (χ3n) is 4.57. The number of hydrogen-bond donors (Lipinski definition) is 2. The van der Waals surface area contributed by atoms with Gasteiger partial charge in [0.05, 0.1) is 45.8 Å². The number of benzene rings is 1. The summed E-state index contributed by atoms with van der Waals surface area (Å²) in [6.07, 6.45) is 6.95. The molecule has 1 fully saturated rings. The second kappa shape index (κ2) is 9.15. The van der Waals surface area contributed by atoms with Crippen molar-refractivity contribution >= 4 is 45.8 Å². The highest BCUT2D eigenvalue weighted by molar-refractivity contribution is 6.33. The van der Waals surface area contributed by atoms with E-state index in [2.05, 4.69) is 15.8 Å². The van der Waals surface area contributed by atoms with E-state index in [0.717, 1.165) is 12.8 Å². The molecule has 1 aromatic heterocycles. The average Bonchev–Trinajstić information content (AvgIpc) is 3.41. The van der Waals surface area contributed by atoms with Gasteiger partial charge in [-0.15, -0.1) is 11.6 Å². The van der Waals surface area contributed by atoms with Crippen LogP contribution in [0.5, 0.6) is 0 Å². The minimum absolute atomic E-state index is 0.0365. The number of fused-ring (bicyclic) bond motifs is 1. The van der Waals surface area contributed by atoms with Crippen LogP contribution >= 0.6 is 23.2 Å². The summed E-state index contributed by atoms with van der Waals surface area (Å²) in [7, 11) is 1.73. The molecule has 9 heteroatoms. The van der Waals surface area contributed by atoms with Gasteiger partial charge in [-0.3, -0.25) is 9.63 Å². The topological polar surface area (TPSA) is 68.2 Å². The van der Waals surface area contributed by atoms with Gasteiger partial charge >= 0.3 is 0 Å². The van der Waals surface area contributed by atoms with Crippen LogP contribution in [0.1, 0.15) is 37.0 Å². The van der Waals surface area contributed by atoms with Crippen LogP contribution in [0.15, 0.2) is 35.3 Å². The van der Waals surface area contributed by atoms with Gasteiger partial charge < -0.3 is 9.88 Å². The summed E-state index contributed by atoms with van der Waals surface area (Å²) in [5.41, 5.74) is 3.50. The maximum atomic E-state index is 15.3. The van der Waals surface area contributed by atoms with E-state index in [9.17, 15) is 4.79 Å². The van der Waals surface area contributed by atoms with Gasteiger partial charge in [0.25, 0.3) is 5.91 Å². The zero-order chi connectivity index (χ0) is 21.1. The number of hydroxylamine groups is 1. The van der Waals surface area contributed by atoms with E-state index in [1.54, 1.807) is 43.7 Å². The Labute approximate surface area is 178 Å². The summed E-state index contributed by atoms with van der Waals surface area (Å²) in [4.78, 5) is 22.1. The van der Waals surface area contributed by atoms with Gasteiger partial charge in [-0.1, -0.05) is 17.7 Å². The molecule has 1 saturated carbocycles. The number of carbonyl (C=O) groups is 1. The van der Waals surface area contributed by atoms with E-state index in [-0.39, 0.29) is 22.1 Å². The molecule has 0 radical (unpaired) electrons. The lowest BCUT2D eigenvalue weighted by Crippen LogP contribution is -2.26. The Morgan fingerprint density at radius 3 is 2.86 bits per heavy atom. The molecule has 0 bridgehead atoms. The van der Waals surface area contributed by atoms with Crippen molar-refractivity contribution in [2.24, 2.45) is 13.0 Å². The normalized spacial score (nSPS) is 16.2. The molecule has 3 rings (SSSR count). The van der Waals surface area contributed by atoms with Crippen molar-refractivity contribution in [2.45, 2.75) is 32.1 Å². The molecule has 1 unspecified atom stereocenters. The molecular formula is C20H23Cl2FN4O2. The lowest BCUT2D eigenvalue weighted by molar-refractivity contribution is 0.0271. The largest absolute Gasteiger partial charge is 0.351 e. The molecule has 0 aliphatic heterocycles. The van der Waals surface area contributed by atoms with Gasteiger partial charge in [-0.05, 0) is 44.7 Å². The van der Waals surface area contributed by atoms with Gasteiger partial charge in [0, 0.05) is 7.05 Å². The number of aromatic nitrogens is 2. The Hall–Kier alpha value is -2.09. The number of alkyl halides is 1. The summed E-state index contributed by atoms with van der Waals surface area (Å²) in [5.74, 6) is -0.741. The van der Waals surface area contributed by atoms with E-state index in [0.29, 0.717) is 28.8 Å². The maximum Gasteiger partial charge on any atom is 0.277 e. The molecule has 29 heavy (non-hydrogen) atoms. The molecule has 0 saturated heterocycles. The number of anilines is 1. The molecule has 1 aliphatic carbocycles. The highest BCUT2D eigenvalue weighted by Gasteiger charge is 2.24. The fourth-order valence-corrected chi connectivity index (χ4v) is 3.32. The third-order valence-corrected chi connectivity index (χ3v) is 5.02. The number of amides is 1. The Balaban J connectivity index is 1.98. The molecule has 2 N–H and O–H groups in total. The maximum absolute atomic E-state index is 15.3. The van der Waals surface area contributed by atoms with Crippen LogP contribution in [0.25, 0.3) is 11.0 Å². The monoisotopic (exact) mass is 440 g/mol. The summed E-state index contributed by atoms with van der Waals surface area (Å²) >= 11 is 12.3. The van der Waals surface area contributed by atoms with Gasteiger partial charge in [-0.25, -0.2) is 14.9 Å². The quantitative estimate of drug-likeness (QED) is 0.349. The molecular weight excluding hydrogens is 418 g/mol. The molecule has 1 amide bonds. The molecule has 1 aliphatic rings. The lowest BCUT2D eigenvalue weighted by atomic mass is 10.1. The van der Waals surface area contributed by atoms with E-state index < -0.39 is 11.7 Å². The smallest absolute Gasteiger partial charge is 0.277 e. The van der Waals surface area contributed by atoms with Gasteiger partial charge in [0.15, 0.2) is 5.82 Å². The first-order chi connectivity index (χ1) is 13.8. The van der Waals surface area contributed by atoms with E-state index in [1.807, 2.05) is 0 Å². The minimum atomic E-state index is -0.654. The minimum Gasteiger partial charge on any atom is -0.351 e. The number of halogens is 3. The Morgan fingerprint density at radius 2 is 2.24 bits per heavy atom. The van der Waals surface area contributed by atoms with Crippen LogP contribution in [-0.2, 0) is 11.9 Å². The predicted molar refractivity (Wildman–Crippen MR) is 113 cm³/mol. The average molecular weight is 441 g/mol. The van der Waals surface area contributed by atoms with Crippen molar-refractivity contribution < 1.29 is 14.0 Å². The van der Waals surface area contributed by atoms with Crippen LogP contribution in [0, 0.1) is 11.7 Å². The number of hydrogen-bond acceptors (Lipinski definition) is 4. The SMILES string of the molecule is C/C=C(Nc1c(C(=O)NOCC2CC2)cc2c(ncn2C)c1F)\C(Cl)=C/C(C)Cl. The van der Waals surface area contributed by atoms with Crippen molar-refractivity contribution in [1.82, 2.24) is 15.0 Å². The number of nitrogens with one attached hydrogen (secondary N) is 2. The van der Waals surface area contributed by atoms with E-state index >= 15 is 4.39 Å². The van der Waals surface area contributed by atoms with Crippen LogP contribution in [0.4, 0.5) is 10.1 Å². The molecule has 1 atom stereocenters. The number of allylic oxidation sites excluding steroid dienone is 3. The second-order valence-electron chi connectivity index (χ2n) is 7.04. The molecule has 1 aromatic carbocycles. The molecule has 1 heterocycles. The first-order valence-corrected chi connectivity index (χ1v) is 10.1. The first-order valence-electron chi connectivity index (χ1n) is 9.32. The standard InChI is InChI=1S/C20H23Cl2FN4O2/c1-4-15(14(22)7-11(2)21)25-18-13(20(28)26-29-9-12-5-6-12)8-16-19(17(18)23)24-10-27(16)3/h4,7-8,10-12,25H,5-6,9H2,1-3H3,(H,26,28)/b14-7+,15-4+. The van der Waals surface area contributed by atoms with Gasteiger partial charge in [-0.2, -0.15) is 0 Å². The van der Waals surface area contributed by atoms with Crippen molar-refractivity contribution in [3.05, 3.63) is 46.7 Å². The fourth-order valence-electron chi connectivity index (χ4n) is 2.79. The molecule has 156 valence electrons. The second-order valence-corrected chi connectivity index (χ2v) is 8.14. The third kappa shape index (κ3) is 5.10. The number of imidazole rings is 1. The number of nitrogens with zero attached hydrogens (tertiary/aromatic N) is 2. The number of aryl methyl sites for hydroxylation is 1. The lowest BCUT2D eigenvalue weighted by Gasteiger charge is -2.16. The van der Waals surface area contributed by atoms with Gasteiger partial charge in [0.2, 0.25) is 0 Å². The Bertz CT molecular complexity index is 981. The first kappa shape index (κ1) is 21.6. The molecule has 6 nitrogen and oxygen atoms in total. The van der Waals surface area contributed by atoms with Crippen molar-refractivity contribution in [3.63, 3.8) is 0 Å². The molecule has 0 spiro atoms. The molecule has 2 aromatic rings. The highest BCUT2D eigenvalue weighted by atomic mass is 35.5.